The average Bonchev–Trinajstić information content (AvgIpc) is 3.30. The molecule has 172 valence electrons. The molecule has 0 saturated heterocycles. The van der Waals surface area contributed by atoms with Crippen LogP contribution >= 0.6 is 11.3 Å². The molecule has 3 aromatic carbocycles. The van der Waals surface area contributed by atoms with E-state index in [1.165, 1.54) is 11.3 Å². The van der Waals surface area contributed by atoms with Gasteiger partial charge in [0.05, 0.1) is 4.88 Å². The Morgan fingerprint density at radius 1 is 0.912 bits per heavy atom. The molecule has 3 amide bonds. The molecular formula is C25H21N3O5S. The standard InChI is InChI=1S/C25H21N3O5S/c29-23(28-32)21-13-18-11-12-19(14-20(18)34-21)26-24(30)22(17-9-5-2-6-10-17)27-25(31)33-15-16-7-3-1-4-8-16/h1-14,22,32H,15H2,(H,26,30)(H,27,31)(H,28,29)/t22-/m1/s1. The summed E-state index contributed by atoms with van der Waals surface area (Å²) in [6, 6.07) is 23.9. The molecule has 4 aromatic rings. The number of hydrogen-bond donors (Lipinski definition) is 4. The molecule has 0 aliphatic carbocycles. The molecule has 1 atom stereocenters. The van der Waals surface area contributed by atoms with Crippen molar-refractivity contribution in [2.24, 2.45) is 0 Å². The number of amides is 3. The van der Waals surface area contributed by atoms with Crippen LogP contribution in [-0.2, 0) is 16.1 Å². The smallest absolute Gasteiger partial charge is 0.408 e. The van der Waals surface area contributed by atoms with Crippen molar-refractivity contribution in [3.8, 4) is 0 Å². The summed E-state index contributed by atoms with van der Waals surface area (Å²) in [5, 5.41) is 15.1. The van der Waals surface area contributed by atoms with Gasteiger partial charge in [-0.1, -0.05) is 66.7 Å². The maximum atomic E-state index is 13.1. The normalized spacial score (nSPS) is 11.4. The van der Waals surface area contributed by atoms with Crippen LogP contribution in [0.25, 0.3) is 10.1 Å². The van der Waals surface area contributed by atoms with Crippen LogP contribution < -0.4 is 16.1 Å². The highest BCUT2D eigenvalue weighted by Gasteiger charge is 2.24. The molecule has 0 aliphatic rings. The van der Waals surface area contributed by atoms with E-state index in [4.69, 9.17) is 9.94 Å². The van der Waals surface area contributed by atoms with E-state index in [1.807, 2.05) is 36.4 Å². The maximum Gasteiger partial charge on any atom is 0.408 e. The van der Waals surface area contributed by atoms with Crippen LogP contribution in [-0.4, -0.2) is 23.1 Å². The second kappa shape index (κ2) is 10.6. The monoisotopic (exact) mass is 475 g/mol. The van der Waals surface area contributed by atoms with Crippen molar-refractivity contribution in [3.05, 3.63) is 101 Å². The summed E-state index contributed by atoms with van der Waals surface area (Å²) in [6.07, 6.45) is -0.721. The lowest BCUT2D eigenvalue weighted by molar-refractivity contribution is -0.118. The van der Waals surface area contributed by atoms with Crippen LogP contribution in [0.4, 0.5) is 10.5 Å². The average molecular weight is 476 g/mol. The molecule has 34 heavy (non-hydrogen) atoms. The molecule has 0 unspecified atom stereocenters. The Bertz CT molecular complexity index is 1310. The Kier molecular flexibility index (Phi) is 7.16. The summed E-state index contributed by atoms with van der Waals surface area (Å²) in [7, 11) is 0. The van der Waals surface area contributed by atoms with Crippen molar-refractivity contribution in [2.75, 3.05) is 5.32 Å². The molecule has 8 nitrogen and oxygen atoms in total. The summed E-state index contributed by atoms with van der Waals surface area (Å²) in [5.41, 5.74) is 3.53. The Morgan fingerprint density at radius 2 is 1.62 bits per heavy atom. The number of alkyl carbamates (subject to hydrolysis) is 1. The van der Waals surface area contributed by atoms with Crippen molar-refractivity contribution < 1.29 is 24.3 Å². The van der Waals surface area contributed by atoms with Crippen LogP contribution in [0, 0.1) is 0 Å². The molecular weight excluding hydrogens is 454 g/mol. The quantitative estimate of drug-likeness (QED) is 0.230. The molecule has 4 N–H and O–H groups in total. The fraction of sp³-hybridized carbons (Fsp3) is 0.0800. The van der Waals surface area contributed by atoms with Gasteiger partial charge in [0.2, 0.25) is 0 Å². The largest absolute Gasteiger partial charge is 0.445 e. The number of thiophene rings is 1. The minimum atomic E-state index is -0.987. The van der Waals surface area contributed by atoms with Gasteiger partial charge >= 0.3 is 6.09 Å². The number of rotatable bonds is 7. The molecule has 0 fully saturated rings. The number of hydroxylamine groups is 1. The van der Waals surface area contributed by atoms with E-state index in [0.29, 0.717) is 16.1 Å². The van der Waals surface area contributed by atoms with Crippen LogP contribution in [0.1, 0.15) is 26.8 Å². The number of carbonyl (C=O) groups is 3. The minimum absolute atomic E-state index is 0.0780. The van der Waals surface area contributed by atoms with Crippen molar-refractivity contribution in [3.63, 3.8) is 0 Å². The molecule has 9 heteroatoms. The number of fused-ring (bicyclic) bond motifs is 1. The summed E-state index contributed by atoms with van der Waals surface area (Å²) in [6.45, 7) is 0.0780. The topological polar surface area (TPSA) is 117 Å². The number of benzene rings is 3. The maximum absolute atomic E-state index is 13.1. The van der Waals surface area contributed by atoms with Gasteiger partial charge in [0.1, 0.15) is 12.6 Å². The fourth-order valence-electron chi connectivity index (χ4n) is 3.32. The molecule has 1 heterocycles. The number of nitrogens with one attached hydrogen (secondary N) is 3. The van der Waals surface area contributed by atoms with Crippen LogP contribution in [0.3, 0.4) is 0 Å². The number of anilines is 1. The Hall–Kier alpha value is -4.21. The van der Waals surface area contributed by atoms with Gasteiger partial charge in [0, 0.05) is 10.4 Å². The van der Waals surface area contributed by atoms with E-state index in [-0.39, 0.29) is 6.61 Å². The number of hydrogen-bond acceptors (Lipinski definition) is 6. The molecule has 4 rings (SSSR count). The molecule has 0 aliphatic heterocycles. The van der Waals surface area contributed by atoms with Crippen LogP contribution in [0.15, 0.2) is 84.9 Å². The zero-order chi connectivity index (χ0) is 23.9. The summed E-state index contributed by atoms with van der Waals surface area (Å²) >= 11 is 1.18. The fourth-order valence-corrected chi connectivity index (χ4v) is 4.31. The molecule has 0 spiro atoms. The minimum Gasteiger partial charge on any atom is -0.445 e. The van der Waals surface area contributed by atoms with E-state index < -0.39 is 23.9 Å². The third-order valence-electron chi connectivity index (χ3n) is 4.98. The summed E-state index contributed by atoms with van der Waals surface area (Å²) in [4.78, 5) is 37.6. The van der Waals surface area contributed by atoms with Gasteiger partial charge in [0.15, 0.2) is 0 Å². The van der Waals surface area contributed by atoms with E-state index >= 15 is 0 Å². The van der Waals surface area contributed by atoms with Gasteiger partial charge in [-0.25, -0.2) is 10.3 Å². The van der Waals surface area contributed by atoms with E-state index in [1.54, 1.807) is 54.0 Å². The van der Waals surface area contributed by atoms with Gasteiger partial charge in [-0.05, 0) is 34.7 Å². The zero-order valence-corrected chi connectivity index (χ0v) is 18.7. The van der Waals surface area contributed by atoms with E-state index in [0.717, 1.165) is 15.6 Å². The zero-order valence-electron chi connectivity index (χ0n) is 17.9. The van der Waals surface area contributed by atoms with E-state index in [2.05, 4.69) is 10.6 Å². The van der Waals surface area contributed by atoms with Crippen LogP contribution in [0.5, 0.6) is 0 Å². The first-order chi connectivity index (χ1) is 16.5. The van der Waals surface area contributed by atoms with Crippen molar-refractivity contribution in [1.82, 2.24) is 10.8 Å². The van der Waals surface area contributed by atoms with Gasteiger partial charge in [-0.3, -0.25) is 14.8 Å². The van der Waals surface area contributed by atoms with Crippen molar-refractivity contribution >= 4 is 45.0 Å². The highest BCUT2D eigenvalue weighted by Crippen LogP contribution is 2.29. The molecule has 0 bridgehead atoms. The molecule has 1 aromatic heterocycles. The summed E-state index contributed by atoms with van der Waals surface area (Å²) in [5.74, 6) is -1.05. The predicted octanol–water partition coefficient (Wildman–Crippen LogP) is 4.63. The van der Waals surface area contributed by atoms with Gasteiger partial charge < -0.3 is 15.4 Å². The Labute approximate surface area is 199 Å². The summed E-state index contributed by atoms with van der Waals surface area (Å²) < 4.78 is 6.04. The Morgan fingerprint density at radius 3 is 2.32 bits per heavy atom. The first kappa shape index (κ1) is 23.0. The predicted molar refractivity (Wildman–Crippen MR) is 129 cm³/mol. The SMILES string of the molecule is O=C(N[C@@H](C(=O)Nc1ccc2cc(C(=O)NO)sc2c1)c1ccccc1)OCc1ccccc1. The lowest BCUT2D eigenvalue weighted by atomic mass is 10.1. The van der Waals surface area contributed by atoms with Crippen molar-refractivity contribution in [2.45, 2.75) is 12.6 Å². The van der Waals surface area contributed by atoms with E-state index in [9.17, 15) is 14.4 Å². The third-order valence-corrected chi connectivity index (χ3v) is 6.08. The first-order valence-corrected chi connectivity index (χ1v) is 11.2. The highest BCUT2D eigenvalue weighted by atomic mass is 32.1. The lowest BCUT2D eigenvalue weighted by Gasteiger charge is -2.19. The van der Waals surface area contributed by atoms with Crippen LogP contribution in [0.2, 0.25) is 0 Å². The second-order valence-corrected chi connectivity index (χ2v) is 8.43. The third kappa shape index (κ3) is 5.58. The van der Waals surface area contributed by atoms with Gasteiger partial charge in [-0.2, -0.15) is 0 Å². The lowest BCUT2D eigenvalue weighted by Crippen LogP contribution is -2.37. The highest BCUT2D eigenvalue weighted by molar-refractivity contribution is 7.20. The van der Waals surface area contributed by atoms with Gasteiger partial charge in [0.25, 0.3) is 11.8 Å². The van der Waals surface area contributed by atoms with Gasteiger partial charge in [-0.15, -0.1) is 11.3 Å². The molecule has 0 saturated carbocycles. The number of ether oxygens (including phenoxy) is 1. The van der Waals surface area contributed by atoms with Crippen molar-refractivity contribution in [1.29, 1.82) is 0 Å². The molecule has 0 radical (unpaired) electrons. The first-order valence-electron chi connectivity index (χ1n) is 10.3. The Balaban J connectivity index is 1.49. The second-order valence-electron chi connectivity index (χ2n) is 7.34. The number of carbonyl (C=O) groups excluding carboxylic acids is 3.